The maximum atomic E-state index is 13.6. The van der Waals surface area contributed by atoms with E-state index in [9.17, 15) is 18.3 Å². The lowest BCUT2D eigenvalue weighted by Gasteiger charge is -2.31. The molecule has 0 aliphatic carbocycles. The number of ether oxygens (including phenoxy) is 1. The van der Waals surface area contributed by atoms with Crippen LogP contribution in [-0.2, 0) is 27.9 Å². The molecule has 1 heterocycles. The van der Waals surface area contributed by atoms with E-state index in [1.54, 1.807) is 42.3 Å². The molecule has 1 amide bonds. The van der Waals surface area contributed by atoms with Gasteiger partial charge >= 0.3 is 6.09 Å². The number of amides is 1. The lowest BCUT2D eigenvalue weighted by molar-refractivity contribution is 0.141. The molecule has 3 aromatic rings. The number of sulfonamides is 1. The van der Waals surface area contributed by atoms with Crippen LogP contribution in [-0.4, -0.2) is 48.4 Å². The molecular formula is C22H24Cl2N4O5S. The predicted molar refractivity (Wildman–Crippen MR) is 130 cm³/mol. The van der Waals surface area contributed by atoms with Crippen molar-refractivity contribution < 1.29 is 23.1 Å². The summed E-state index contributed by atoms with van der Waals surface area (Å²) in [6, 6.07) is 9.40. The highest BCUT2D eigenvalue weighted by atomic mass is 35.5. The Bertz CT molecular complexity index is 1200. The first-order valence-corrected chi connectivity index (χ1v) is 12.5. The van der Waals surface area contributed by atoms with Crippen molar-refractivity contribution in [3.8, 4) is 0 Å². The molecule has 0 saturated heterocycles. The van der Waals surface area contributed by atoms with Crippen LogP contribution in [0.25, 0.3) is 0 Å². The van der Waals surface area contributed by atoms with Crippen LogP contribution in [0.4, 0.5) is 10.5 Å². The highest BCUT2D eigenvalue weighted by Gasteiger charge is 2.32. The first kappa shape index (κ1) is 25.8. The van der Waals surface area contributed by atoms with Crippen LogP contribution in [0.1, 0.15) is 12.5 Å². The van der Waals surface area contributed by atoms with Crippen molar-refractivity contribution in [2.45, 2.75) is 31.0 Å². The van der Waals surface area contributed by atoms with E-state index in [1.807, 2.05) is 0 Å². The summed E-state index contributed by atoms with van der Waals surface area (Å²) < 4.78 is 35.4. The second-order valence-electron chi connectivity index (χ2n) is 7.36. The number of hydrogen-bond donors (Lipinski definition) is 2. The van der Waals surface area contributed by atoms with Gasteiger partial charge in [0.05, 0.1) is 29.6 Å². The number of halogens is 2. The second-order valence-corrected chi connectivity index (χ2v) is 10.0. The Morgan fingerprint density at radius 3 is 2.56 bits per heavy atom. The van der Waals surface area contributed by atoms with Crippen LogP contribution in [0.5, 0.6) is 0 Å². The third-order valence-corrected chi connectivity index (χ3v) is 7.31. The van der Waals surface area contributed by atoms with Crippen molar-refractivity contribution >= 4 is 45.0 Å². The van der Waals surface area contributed by atoms with Gasteiger partial charge in [0.2, 0.25) is 0 Å². The van der Waals surface area contributed by atoms with Crippen molar-refractivity contribution in [1.82, 2.24) is 14.9 Å². The Morgan fingerprint density at radius 2 is 1.91 bits per heavy atom. The Kier molecular flexibility index (Phi) is 8.78. The van der Waals surface area contributed by atoms with Crippen LogP contribution >= 0.6 is 23.2 Å². The molecule has 182 valence electrons. The molecule has 12 heteroatoms. The van der Waals surface area contributed by atoms with Crippen LogP contribution < -0.4 is 9.62 Å². The van der Waals surface area contributed by atoms with Gasteiger partial charge in [-0.25, -0.2) is 18.2 Å². The molecule has 1 atom stereocenters. The van der Waals surface area contributed by atoms with E-state index >= 15 is 0 Å². The first-order chi connectivity index (χ1) is 16.2. The number of carbonyl (C=O) groups is 1. The summed E-state index contributed by atoms with van der Waals surface area (Å²) in [6.07, 6.45) is 4.33. The third kappa shape index (κ3) is 6.41. The van der Waals surface area contributed by atoms with Gasteiger partial charge in [0.15, 0.2) is 0 Å². The predicted octanol–water partition coefficient (Wildman–Crippen LogP) is 3.69. The molecule has 0 aliphatic heterocycles. The van der Waals surface area contributed by atoms with Crippen molar-refractivity contribution in [2.75, 3.05) is 17.5 Å². The number of nitrogens with one attached hydrogen (secondary N) is 1. The Balaban J connectivity index is 1.81. The summed E-state index contributed by atoms with van der Waals surface area (Å²) in [5, 5.41) is 13.1. The smallest absolute Gasteiger partial charge is 0.407 e. The van der Waals surface area contributed by atoms with E-state index in [0.717, 1.165) is 4.31 Å². The average Bonchev–Trinajstić information content (AvgIpc) is 3.32. The largest absolute Gasteiger partial charge is 0.447 e. The lowest BCUT2D eigenvalue weighted by atomic mass is 10.1. The minimum Gasteiger partial charge on any atom is -0.447 e. The lowest BCUT2D eigenvalue weighted by Crippen LogP contribution is -2.43. The van der Waals surface area contributed by atoms with E-state index in [1.165, 1.54) is 30.3 Å². The van der Waals surface area contributed by atoms with E-state index in [2.05, 4.69) is 10.3 Å². The summed E-state index contributed by atoms with van der Waals surface area (Å²) in [4.78, 5) is 16.1. The van der Waals surface area contributed by atoms with Crippen molar-refractivity contribution in [3.63, 3.8) is 0 Å². The standard InChI is InChI=1S/C22H24Cl2N4O5S/c1-16(14-33-22(30)26-9-11-27-10-8-25-15-27)28(21-12-19(24)3-2-17(21)13-29)34(31,32)20-6-4-18(23)5-7-20/h2-8,10,12,15-16,29H,9,11,13-14H2,1H3,(H,26,30). The number of alkyl carbamates (subject to hydrolysis) is 1. The van der Waals surface area contributed by atoms with Gasteiger partial charge in [-0.3, -0.25) is 4.31 Å². The van der Waals surface area contributed by atoms with Crippen molar-refractivity contribution in [1.29, 1.82) is 0 Å². The van der Waals surface area contributed by atoms with Crippen LogP contribution in [0.2, 0.25) is 10.0 Å². The molecular weight excluding hydrogens is 503 g/mol. The highest BCUT2D eigenvalue weighted by molar-refractivity contribution is 7.92. The highest BCUT2D eigenvalue weighted by Crippen LogP contribution is 2.32. The van der Waals surface area contributed by atoms with Crippen LogP contribution in [0.3, 0.4) is 0 Å². The molecule has 0 bridgehead atoms. The monoisotopic (exact) mass is 526 g/mol. The van der Waals surface area contributed by atoms with E-state index < -0.39 is 28.8 Å². The van der Waals surface area contributed by atoms with Gasteiger partial charge in [0.25, 0.3) is 10.0 Å². The summed E-state index contributed by atoms with van der Waals surface area (Å²) in [5.41, 5.74) is 0.528. The quantitative estimate of drug-likeness (QED) is 0.416. The fourth-order valence-corrected chi connectivity index (χ4v) is 5.18. The van der Waals surface area contributed by atoms with E-state index in [0.29, 0.717) is 23.7 Å². The number of aliphatic hydroxyl groups is 1. The number of carbonyl (C=O) groups excluding carboxylic acids is 1. The molecule has 0 radical (unpaired) electrons. The molecule has 1 aromatic heterocycles. The zero-order valence-corrected chi connectivity index (χ0v) is 20.6. The summed E-state index contributed by atoms with van der Waals surface area (Å²) >= 11 is 12.1. The second kappa shape index (κ2) is 11.6. The normalized spacial score (nSPS) is 12.2. The molecule has 2 N–H and O–H groups in total. The molecule has 0 fully saturated rings. The van der Waals surface area contributed by atoms with Crippen molar-refractivity contribution in [3.05, 3.63) is 76.8 Å². The molecule has 0 aliphatic rings. The van der Waals surface area contributed by atoms with Gasteiger partial charge in [0, 0.05) is 41.1 Å². The number of imidazole rings is 1. The first-order valence-electron chi connectivity index (χ1n) is 10.3. The number of aromatic nitrogens is 2. The number of hydrogen-bond acceptors (Lipinski definition) is 6. The minimum absolute atomic E-state index is 0.0163. The number of nitrogens with zero attached hydrogens (tertiary/aromatic N) is 3. The molecule has 9 nitrogen and oxygen atoms in total. The van der Waals surface area contributed by atoms with Crippen molar-refractivity contribution in [2.24, 2.45) is 0 Å². The fraction of sp³-hybridized carbons (Fsp3) is 0.273. The number of benzene rings is 2. The van der Waals surface area contributed by atoms with E-state index in [-0.39, 0.29) is 22.2 Å². The zero-order valence-electron chi connectivity index (χ0n) is 18.3. The van der Waals surface area contributed by atoms with Gasteiger partial charge in [-0.1, -0.05) is 29.3 Å². The number of aliphatic hydroxyl groups excluding tert-OH is 1. The van der Waals surface area contributed by atoms with Gasteiger partial charge in [-0.2, -0.15) is 0 Å². The topological polar surface area (TPSA) is 114 Å². The third-order valence-electron chi connectivity index (χ3n) is 4.88. The number of rotatable bonds is 10. The Labute approximate surface area is 207 Å². The maximum Gasteiger partial charge on any atom is 0.407 e. The maximum absolute atomic E-state index is 13.6. The summed E-state index contributed by atoms with van der Waals surface area (Å²) in [7, 11) is -4.13. The van der Waals surface area contributed by atoms with Gasteiger partial charge < -0.3 is 19.7 Å². The molecule has 0 spiro atoms. The van der Waals surface area contributed by atoms with Gasteiger partial charge in [0.1, 0.15) is 6.61 Å². The Hall–Kier alpha value is -2.79. The average molecular weight is 527 g/mol. The SMILES string of the molecule is CC(COC(=O)NCCn1ccnc1)N(c1cc(Cl)ccc1CO)S(=O)(=O)c1ccc(Cl)cc1. The number of anilines is 1. The summed E-state index contributed by atoms with van der Waals surface area (Å²) in [5.74, 6) is 0. The van der Waals surface area contributed by atoms with E-state index in [4.69, 9.17) is 27.9 Å². The van der Waals surface area contributed by atoms with Gasteiger partial charge in [-0.05, 0) is 43.3 Å². The molecule has 2 aromatic carbocycles. The molecule has 1 unspecified atom stereocenters. The zero-order chi connectivity index (χ0) is 24.7. The fourth-order valence-electron chi connectivity index (χ4n) is 3.22. The summed E-state index contributed by atoms with van der Waals surface area (Å²) in [6.45, 7) is 1.74. The molecule has 3 rings (SSSR count). The van der Waals surface area contributed by atoms with Crippen LogP contribution in [0, 0.1) is 0 Å². The van der Waals surface area contributed by atoms with Crippen LogP contribution in [0.15, 0.2) is 66.1 Å². The van der Waals surface area contributed by atoms with Gasteiger partial charge in [-0.15, -0.1) is 0 Å². The molecule has 0 saturated carbocycles. The minimum atomic E-state index is -4.13. The molecule has 34 heavy (non-hydrogen) atoms. The Morgan fingerprint density at radius 1 is 1.21 bits per heavy atom.